The topological polar surface area (TPSA) is 83.6 Å². The van der Waals surface area contributed by atoms with E-state index in [1.165, 1.54) is 29.2 Å². The van der Waals surface area contributed by atoms with Crippen LogP contribution in [0.4, 0.5) is 11.4 Å². The summed E-state index contributed by atoms with van der Waals surface area (Å²) in [7, 11) is -3.31. The maximum absolute atomic E-state index is 12.6. The van der Waals surface area contributed by atoms with Crippen LogP contribution < -0.4 is 9.62 Å². The lowest BCUT2D eigenvalue weighted by atomic mass is 9.99. The summed E-state index contributed by atoms with van der Waals surface area (Å²) in [5.74, 6) is 0.154. The molecule has 1 heterocycles. The molecule has 148 valence electrons. The van der Waals surface area contributed by atoms with Gasteiger partial charge in [0.15, 0.2) is 5.78 Å². The molecule has 0 unspecified atom stereocenters. The number of anilines is 2. The average Bonchev–Trinajstić information content (AvgIpc) is 2.65. The molecule has 0 bridgehead atoms. The van der Waals surface area contributed by atoms with Crippen molar-refractivity contribution in [2.75, 3.05) is 28.2 Å². The van der Waals surface area contributed by atoms with E-state index < -0.39 is 10.0 Å². The van der Waals surface area contributed by atoms with Crippen molar-refractivity contribution < 1.29 is 18.0 Å². The first-order chi connectivity index (χ1) is 13.2. The normalized spacial score (nSPS) is 13.7. The van der Waals surface area contributed by atoms with E-state index in [1.807, 2.05) is 18.2 Å². The van der Waals surface area contributed by atoms with Crippen molar-refractivity contribution in [3.63, 3.8) is 0 Å². The van der Waals surface area contributed by atoms with Gasteiger partial charge in [-0.05, 0) is 60.9 Å². The molecule has 0 spiro atoms. The van der Waals surface area contributed by atoms with Crippen LogP contribution in [-0.2, 0) is 21.2 Å². The minimum absolute atomic E-state index is 0.00443. The Bertz CT molecular complexity index is 1000. The van der Waals surface area contributed by atoms with Crippen LogP contribution in [0.15, 0.2) is 47.4 Å². The lowest BCUT2D eigenvalue weighted by Crippen LogP contribution is -2.34. The molecule has 0 saturated heterocycles. The van der Waals surface area contributed by atoms with Crippen LogP contribution in [0.2, 0.25) is 0 Å². The van der Waals surface area contributed by atoms with Gasteiger partial charge in [-0.25, -0.2) is 8.42 Å². The Labute approximate surface area is 169 Å². The number of hydrogen-bond acceptors (Lipinski definition) is 5. The number of nitrogens with one attached hydrogen (secondary N) is 1. The molecular formula is C20H22N2O4S2. The van der Waals surface area contributed by atoms with Gasteiger partial charge >= 0.3 is 0 Å². The van der Waals surface area contributed by atoms with Crippen LogP contribution in [0.25, 0.3) is 0 Å². The molecule has 6 nitrogen and oxygen atoms in total. The third-order valence-electron chi connectivity index (χ3n) is 4.42. The predicted octanol–water partition coefficient (Wildman–Crippen LogP) is 3.33. The number of sulfonamides is 1. The minimum Gasteiger partial charge on any atom is -0.326 e. The van der Waals surface area contributed by atoms with Gasteiger partial charge in [0.25, 0.3) is 0 Å². The van der Waals surface area contributed by atoms with Gasteiger partial charge in [0.2, 0.25) is 15.9 Å². The van der Waals surface area contributed by atoms with Crippen molar-refractivity contribution in [3.8, 4) is 0 Å². The lowest BCUT2D eigenvalue weighted by molar-refractivity contribution is -0.114. The number of thioether (sulfide) groups is 1. The zero-order valence-corrected chi connectivity index (χ0v) is 17.4. The fourth-order valence-corrected chi connectivity index (χ4v) is 4.94. The highest BCUT2D eigenvalue weighted by Crippen LogP contribution is 2.30. The summed E-state index contributed by atoms with van der Waals surface area (Å²) < 4.78 is 25.3. The first-order valence-electron chi connectivity index (χ1n) is 8.88. The minimum atomic E-state index is -3.31. The second kappa shape index (κ2) is 8.36. The molecule has 0 aliphatic carbocycles. The Hall–Kier alpha value is -2.32. The first kappa shape index (κ1) is 20.4. The van der Waals surface area contributed by atoms with Gasteiger partial charge in [0.1, 0.15) is 0 Å². The summed E-state index contributed by atoms with van der Waals surface area (Å²) in [4.78, 5) is 24.6. The number of benzene rings is 2. The second-order valence-corrected chi connectivity index (χ2v) is 9.66. The van der Waals surface area contributed by atoms with E-state index >= 15 is 0 Å². The highest BCUT2D eigenvalue weighted by molar-refractivity contribution is 8.00. The number of carbonyl (C=O) groups is 2. The van der Waals surface area contributed by atoms with Gasteiger partial charge in [0.05, 0.1) is 17.7 Å². The van der Waals surface area contributed by atoms with Crippen molar-refractivity contribution in [2.24, 2.45) is 0 Å². The lowest BCUT2D eigenvalue weighted by Gasteiger charge is -2.29. The van der Waals surface area contributed by atoms with Crippen LogP contribution >= 0.6 is 11.8 Å². The van der Waals surface area contributed by atoms with Crippen LogP contribution in [0.3, 0.4) is 0 Å². The van der Waals surface area contributed by atoms with Crippen molar-refractivity contribution in [2.45, 2.75) is 24.7 Å². The highest BCUT2D eigenvalue weighted by atomic mass is 32.2. The quantitative estimate of drug-likeness (QED) is 0.575. The van der Waals surface area contributed by atoms with E-state index in [1.54, 1.807) is 24.3 Å². The molecule has 0 saturated carbocycles. The Kier molecular flexibility index (Phi) is 6.10. The molecule has 8 heteroatoms. The molecule has 0 aromatic heterocycles. The Morgan fingerprint density at radius 1 is 1.14 bits per heavy atom. The number of Topliss-reactive ketones (excluding diaryl/α,β-unsaturated/α-hetero) is 1. The zero-order valence-electron chi connectivity index (χ0n) is 15.8. The number of hydrogen-bond donors (Lipinski definition) is 1. The van der Waals surface area contributed by atoms with Crippen molar-refractivity contribution in [1.29, 1.82) is 0 Å². The van der Waals surface area contributed by atoms with E-state index in [4.69, 9.17) is 0 Å². The summed E-state index contributed by atoms with van der Waals surface area (Å²) in [6.07, 6.45) is 2.71. The van der Waals surface area contributed by atoms with E-state index in [-0.39, 0.29) is 17.4 Å². The maximum atomic E-state index is 12.6. The monoisotopic (exact) mass is 418 g/mol. The van der Waals surface area contributed by atoms with Gasteiger partial charge in [0, 0.05) is 29.6 Å². The molecule has 1 aliphatic rings. The summed E-state index contributed by atoms with van der Waals surface area (Å²) in [6.45, 7) is 1.93. The molecule has 1 N–H and O–H groups in total. The molecule has 0 atom stereocenters. The number of ketones is 1. The summed E-state index contributed by atoms with van der Waals surface area (Å²) in [6, 6.07) is 12.6. The number of rotatable bonds is 6. The van der Waals surface area contributed by atoms with Crippen LogP contribution in [0, 0.1) is 0 Å². The van der Waals surface area contributed by atoms with E-state index in [9.17, 15) is 18.0 Å². The molecule has 1 aliphatic heterocycles. The molecular weight excluding hydrogens is 396 g/mol. The van der Waals surface area contributed by atoms with Crippen molar-refractivity contribution in [1.82, 2.24) is 0 Å². The van der Waals surface area contributed by atoms with Crippen molar-refractivity contribution in [3.05, 3.63) is 53.6 Å². The maximum Gasteiger partial charge on any atom is 0.232 e. The Morgan fingerprint density at radius 2 is 1.86 bits per heavy atom. The molecule has 1 amide bonds. The van der Waals surface area contributed by atoms with E-state index in [0.717, 1.165) is 23.3 Å². The molecule has 0 fully saturated rings. The van der Waals surface area contributed by atoms with Gasteiger partial charge in [-0.2, -0.15) is 0 Å². The van der Waals surface area contributed by atoms with Gasteiger partial charge in [-0.15, -0.1) is 11.8 Å². The molecule has 3 rings (SSSR count). The number of aryl methyl sites for hydroxylation is 1. The number of nitrogens with zero attached hydrogens (tertiary/aromatic N) is 1. The Balaban J connectivity index is 1.67. The standard InChI is InChI=1S/C20H22N2O4S2/c1-14(23)21-17-6-8-18(9-7-17)27-13-20(24)16-5-10-19-15(12-16)4-3-11-22(19)28(2,25)26/h5-10,12H,3-4,11,13H2,1-2H3,(H,21,23). The molecule has 2 aromatic rings. The zero-order chi connectivity index (χ0) is 20.3. The summed E-state index contributed by atoms with van der Waals surface area (Å²) in [5, 5.41) is 2.70. The largest absolute Gasteiger partial charge is 0.326 e. The van der Waals surface area contributed by atoms with Crippen LogP contribution in [-0.4, -0.2) is 38.7 Å². The number of fused-ring (bicyclic) bond motifs is 1. The molecule has 2 aromatic carbocycles. The van der Waals surface area contributed by atoms with Gasteiger partial charge < -0.3 is 5.32 Å². The third kappa shape index (κ3) is 4.94. The summed E-state index contributed by atoms with van der Waals surface area (Å²) >= 11 is 1.42. The predicted molar refractivity (Wildman–Crippen MR) is 113 cm³/mol. The summed E-state index contributed by atoms with van der Waals surface area (Å²) in [5.41, 5.74) is 2.88. The Morgan fingerprint density at radius 3 is 2.50 bits per heavy atom. The fourth-order valence-electron chi connectivity index (χ4n) is 3.15. The van der Waals surface area contributed by atoms with Crippen molar-refractivity contribution >= 4 is 44.9 Å². The molecule has 28 heavy (non-hydrogen) atoms. The fraction of sp³-hybridized carbons (Fsp3) is 0.300. The van der Waals surface area contributed by atoms with Gasteiger partial charge in [-0.3, -0.25) is 13.9 Å². The smallest absolute Gasteiger partial charge is 0.232 e. The van der Waals surface area contributed by atoms with Crippen LogP contribution in [0.5, 0.6) is 0 Å². The van der Waals surface area contributed by atoms with Crippen LogP contribution in [0.1, 0.15) is 29.3 Å². The number of amides is 1. The van der Waals surface area contributed by atoms with Gasteiger partial charge in [-0.1, -0.05) is 0 Å². The average molecular weight is 419 g/mol. The number of carbonyl (C=O) groups excluding carboxylic acids is 2. The molecule has 0 radical (unpaired) electrons. The van der Waals surface area contributed by atoms with E-state index in [2.05, 4.69) is 5.32 Å². The highest BCUT2D eigenvalue weighted by Gasteiger charge is 2.24. The van der Waals surface area contributed by atoms with E-state index in [0.29, 0.717) is 23.5 Å². The second-order valence-electron chi connectivity index (χ2n) is 6.70. The SMILES string of the molecule is CC(=O)Nc1ccc(SCC(=O)c2ccc3c(c2)CCCN3S(C)(=O)=O)cc1. The first-order valence-corrected chi connectivity index (χ1v) is 11.7. The third-order valence-corrected chi connectivity index (χ3v) is 6.61.